The molecule has 0 amide bonds. The van der Waals surface area contributed by atoms with Crippen LogP contribution < -0.4 is 5.32 Å². The Morgan fingerprint density at radius 3 is 2.83 bits per heavy atom. The van der Waals surface area contributed by atoms with Crippen LogP contribution in [0.1, 0.15) is 36.2 Å². The first-order chi connectivity index (χ1) is 8.34. The van der Waals surface area contributed by atoms with Crippen LogP contribution >= 0.6 is 0 Å². The van der Waals surface area contributed by atoms with E-state index in [1.165, 1.54) is 0 Å². The molecule has 0 bridgehead atoms. The number of anilines is 1. The quantitative estimate of drug-likeness (QED) is 0.859. The second-order valence-corrected chi connectivity index (χ2v) is 4.20. The van der Waals surface area contributed by atoms with E-state index in [-0.39, 0.29) is 17.8 Å². The molecule has 2 heterocycles. The van der Waals surface area contributed by atoms with Crippen molar-refractivity contribution in [1.29, 1.82) is 0 Å². The molecule has 8 heteroatoms. The first-order valence-electron chi connectivity index (χ1n) is 5.48. The zero-order valence-corrected chi connectivity index (χ0v) is 9.53. The molecule has 0 fully saturated rings. The van der Waals surface area contributed by atoms with Gasteiger partial charge < -0.3 is 10.4 Å². The van der Waals surface area contributed by atoms with E-state index in [2.05, 4.69) is 10.4 Å². The summed E-state index contributed by atoms with van der Waals surface area (Å²) in [7, 11) is 0. The van der Waals surface area contributed by atoms with Crippen LogP contribution in [-0.4, -0.2) is 33.1 Å². The maximum atomic E-state index is 12.9. The van der Waals surface area contributed by atoms with E-state index in [4.69, 9.17) is 5.11 Å². The van der Waals surface area contributed by atoms with Crippen LogP contribution in [0.5, 0.6) is 0 Å². The summed E-state index contributed by atoms with van der Waals surface area (Å²) in [5, 5.41) is 15.2. The molecule has 0 aliphatic carbocycles. The minimum absolute atomic E-state index is 0.0667. The van der Waals surface area contributed by atoms with Gasteiger partial charge in [0.25, 0.3) is 0 Å². The molecule has 1 aromatic rings. The molecule has 0 radical (unpaired) electrons. The van der Waals surface area contributed by atoms with Crippen molar-refractivity contribution in [1.82, 2.24) is 9.78 Å². The standard InChI is InChI=1S/C10H12F3N3O2/c1-2-5-3-7(10(11,12)13)16-8(15-5)6(4-14-16)9(17)18/h4-5,7,15H,2-3H2,1H3,(H,17,18). The van der Waals surface area contributed by atoms with E-state index in [1.54, 1.807) is 6.92 Å². The number of carboxylic acid groups (broad SMARTS) is 1. The van der Waals surface area contributed by atoms with Crippen molar-refractivity contribution in [2.75, 3.05) is 5.32 Å². The number of hydrogen-bond acceptors (Lipinski definition) is 3. The van der Waals surface area contributed by atoms with Crippen LogP contribution in [-0.2, 0) is 0 Å². The minimum Gasteiger partial charge on any atom is -0.477 e. The summed E-state index contributed by atoms with van der Waals surface area (Å²) in [4.78, 5) is 10.9. The average molecular weight is 263 g/mol. The van der Waals surface area contributed by atoms with Crippen molar-refractivity contribution in [3.8, 4) is 0 Å². The summed E-state index contributed by atoms with van der Waals surface area (Å²) in [5.74, 6) is -1.36. The lowest BCUT2D eigenvalue weighted by molar-refractivity contribution is -0.173. The first kappa shape index (κ1) is 12.7. The number of carboxylic acids is 1. The molecule has 2 N–H and O–H groups in total. The van der Waals surface area contributed by atoms with Crippen LogP contribution in [0.3, 0.4) is 0 Å². The molecule has 1 aliphatic rings. The van der Waals surface area contributed by atoms with Crippen molar-refractivity contribution in [3.05, 3.63) is 11.8 Å². The number of halogens is 3. The summed E-state index contributed by atoms with van der Waals surface area (Å²) in [5.41, 5.74) is -0.234. The Morgan fingerprint density at radius 1 is 1.67 bits per heavy atom. The average Bonchev–Trinajstić information content (AvgIpc) is 2.69. The largest absolute Gasteiger partial charge is 0.477 e. The van der Waals surface area contributed by atoms with Gasteiger partial charge in [0, 0.05) is 6.04 Å². The number of nitrogens with zero attached hydrogens (tertiary/aromatic N) is 2. The Balaban J connectivity index is 2.47. The second kappa shape index (κ2) is 4.18. The topological polar surface area (TPSA) is 67.2 Å². The predicted octanol–water partition coefficient (Wildman–Crippen LogP) is 2.28. The fourth-order valence-electron chi connectivity index (χ4n) is 2.06. The van der Waals surface area contributed by atoms with Crippen molar-refractivity contribution in [2.24, 2.45) is 0 Å². The number of fused-ring (bicyclic) bond motifs is 1. The smallest absolute Gasteiger partial charge is 0.410 e. The monoisotopic (exact) mass is 263 g/mol. The molecule has 0 spiro atoms. The molecular weight excluding hydrogens is 251 g/mol. The van der Waals surface area contributed by atoms with Crippen molar-refractivity contribution < 1.29 is 23.1 Å². The number of alkyl halides is 3. The van der Waals surface area contributed by atoms with Gasteiger partial charge in [-0.1, -0.05) is 6.92 Å². The van der Waals surface area contributed by atoms with Crippen LogP contribution in [0, 0.1) is 0 Å². The third kappa shape index (κ3) is 2.02. The normalized spacial score (nSPS) is 23.3. The van der Waals surface area contributed by atoms with Gasteiger partial charge in [-0.15, -0.1) is 0 Å². The van der Waals surface area contributed by atoms with Crippen LogP contribution in [0.4, 0.5) is 19.0 Å². The SMILES string of the molecule is CCC1CC(C(F)(F)F)n2ncc(C(=O)O)c2N1. The highest BCUT2D eigenvalue weighted by atomic mass is 19.4. The van der Waals surface area contributed by atoms with Gasteiger partial charge in [-0.25, -0.2) is 9.48 Å². The summed E-state index contributed by atoms with van der Waals surface area (Å²) >= 11 is 0. The number of carbonyl (C=O) groups is 1. The second-order valence-electron chi connectivity index (χ2n) is 4.20. The van der Waals surface area contributed by atoms with Gasteiger partial charge in [0.1, 0.15) is 11.4 Å². The van der Waals surface area contributed by atoms with Crippen LogP contribution in [0.2, 0.25) is 0 Å². The molecule has 0 saturated carbocycles. The Morgan fingerprint density at radius 2 is 2.33 bits per heavy atom. The number of nitrogens with one attached hydrogen (secondary N) is 1. The Kier molecular flexibility index (Phi) is 2.95. The lowest BCUT2D eigenvalue weighted by Crippen LogP contribution is -2.39. The van der Waals surface area contributed by atoms with Gasteiger partial charge in [-0.05, 0) is 12.8 Å². The molecule has 2 rings (SSSR count). The van der Waals surface area contributed by atoms with Crippen molar-refractivity contribution in [2.45, 2.75) is 38.0 Å². The molecule has 1 aromatic heterocycles. The van der Waals surface area contributed by atoms with Gasteiger partial charge >= 0.3 is 12.1 Å². The molecule has 0 saturated heterocycles. The van der Waals surface area contributed by atoms with E-state index in [0.29, 0.717) is 6.42 Å². The summed E-state index contributed by atoms with van der Waals surface area (Å²) in [6.07, 6.45) is -3.15. The van der Waals surface area contributed by atoms with Crippen molar-refractivity contribution in [3.63, 3.8) is 0 Å². The highest BCUT2D eigenvalue weighted by Crippen LogP contribution is 2.40. The molecule has 18 heavy (non-hydrogen) atoms. The molecule has 1 aliphatic heterocycles. The van der Waals surface area contributed by atoms with E-state index >= 15 is 0 Å². The summed E-state index contributed by atoms with van der Waals surface area (Å²) in [6.45, 7) is 1.75. The third-order valence-electron chi connectivity index (χ3n) is 3.04. The van der Waals surface area contributed by atoms with Gasteiger partial charge in [0.2, 0.25) is 0 Å². The van der Waals surface area contributed by atoms with Crippen LogP contribution in [0.25, 0.3) is 0 Å². The minimum atomic E-state index is -4.44. The lowest BCUT2D eigenvalue weighted by atomic mass is 10.0. The molecule has 2 unspecified atom stereocenters. The number of aromatic carboxylic acids is 1. The Bertz CT molecular complexity index is 469. The van der Waals surface area contributed by atoms with Crippen molar-refractivity contribution >= 4 is 11.8 Å². The predicted molar refractivity (Wildman–Crippen MR) is 56.6 cm³/mol. The molecule has 5 nitrogen and oxygen atoms in total. The Labute approximate surface area is 101 Å². The van der Waals surface area contributed by atoms with E-state index in [1.807, 2.05) is 0 Å². The number of hydrogen-bond donors (Lipinski definition) is 2. The highest BCUT2D eigenvalue weighted by Gasteiger charge is 2.46. The molecule has 0 aromatic carbocycles. The number of aromatic nitrogens is 2. The molecule has 100 valence electrons. The molecule has 2 atom stereocenters. The summed E-state index contributed by atoms with van der Waals surface area (Å²) in [6, 6.07) is -2.18. The van der Waals surface area contributed by atoms with Gasteiger partial charge in [-0.2, -0.15) is 18.3 Å². The fraction of sp³-hybridized carbons (Fsp3) is 0.600. The number of rotatable bonds is 2. The zero-order valence-electron chi connectivity index (χ0n) is 9.53. The van der Waals surface area contributed by atoms with Crippen LogP contribution in [0.15, 0.2) is 6.20 Å². The van der Waals surface area contributed by atoms with E-state index in [9.17, 15) is 18.0 Å². The van der Waals surface area contributed by atoms with Gasteiger partial charge in [0.05, 0.1) is 6.20 Å². The maximum Gasteiger partial charge on any atom is 0.410 e. The Hall–Kier alpha value is -1.73. The maximum absolute atomic E-state index is 12.9. The highest BCUT2D eigenvalue weighted by molar-refractivity contribution is 5.93. The summed E-state index contributed by atoms with van der Waals surface area (Å²) < 4.78 is 39.4. The van der Waals surface area contributed by atoms with Gasteiger partial charge in [0.15, 0.2) is 6.04 Å². The lowest BCUT2D eigenvalue weighted by Gasteiger charge is -2.33. The van der Waals surface area contributed by atoms with Gasteiger partial charge in [-0.3, -0.25) is 0 Å². The molecular formula is C10H12F3N3O2. The first-order valence-corrected chi connectivity index (χ1v) is 5.48. The fourth-order valence-corrected chi connectivity index (χ4v) is 2.06. The van der Waals surface area contributed by atoms with E-state index < -0.39 is 24.2 Å². The third-order valence-corrected chi connectivity index (χ3v) is 3.04. The van der Waals surface area contributed by atoms with E-state index in [0.717, 1.165) is 10.9 Å². The zero-order chi connectivity index (χ0) is 13.5.